The lowest BCUT2D eigenvalue weighted by Gasteiger charge is -2.28. The highest BCUT2D eigenvalue weighted by molar-refractivity contribution is 5.21. The molecule has 0 aliphatic heterocycles. The summed E-state index contributed by atoms with van der Waals surface area (Å²) in [6.45, 7) is 6.25. The summed E-state index contributed by atoms with van der Waals surface area (Å²) in [6, 6.07) is 10.7. The van der Waals surface area contributed by atoms with Crippen molar-refractivity contribution in [3.05, 3.63) is 72.6 Å². The molecule has 0 saturated carbocycles. The van der Waals surface area contributed by atoms with E-state index in [1.165, 1.54) is 11.3 Å². The molecule has 0 spiro atoms. The van der Waals surface area contributed by atoms with E-state index in [9.17, 15) is 0 Å². The lowest BCUT2D eigenvalue weighted by atomic mass is 10.1. The second-order valence-corrected chi connectivity index (χ2v) is 5.94. The maximum absolute atomic E-state index is 4.36. The molecule has 0 N–H and O–H groups in total. The van der Waals surface area contributed by atoms with Crippen LogP contribution in [-0.4, -0.2) is 30.5 Å². The summed E-state index contributed by atoms with van der Waals surface area (Å²) in [5.41, 5.74) is 2.47. The molecular formula is C19H23N5. The van der Waals surface area contributed by atoms with Crippen LogP contribution >= 0.6 is 0 Å². The van der Waals surface area contributed by atoms with Crippen molar-refractivity contribution in [1.29, 1.82) is 0 Å². The Hall–Kier alpha value is -2.53. The zero-order valence-corrected chi connectivity index (χ0v) is 14.2. The van der Waals surface area contributed by atoms with Gasteiger partial charge in [-0.2, -0.15) is 0 Å². The van der Waals surface area contributed by atoms with E-state index in [4.69, 9.17) is 0 Å². The number of rotatable bonds is 7. The zero-order valence-electron chi connectivity index (χ0n) is 14.2. The van der Waals surface area contributed by atoms with Crippen molar-refractivity contribution in [2.75, 3.05) is 0 Å². The first-order valence-corrected chi connectivity index (χ1v) is 8.34. The van der Waals surface area contributed by atoms with Crippen molar-refractivity contribution in [3.63, 3.8) is 0 Å². The zero-order chi connectivity index (χ0) is 16.8. The van der Waals surface area contributed by atoms with E-state index in [1.54, 1.807) is 12.4 Å². The average Bonchev–Trinajstić information content (AvgIpc) is 3.10. The maximum Gasteiger partial charge on any atom is 0.233 e. The van der Waals surface area contributed by atoms with E-state index < -0.39 is 0 Å². The number of aromatic nitrogens is 4. The molecule has 1 unspecified atom stereocenters. The van der Waals surface area contributed by atoms with Crippen LogP contribution in [0.1, 0.15) is 31.5 Å². The summed E-state index contributed by atoms with van der Waals surface area (Å²) < 4.78 is 2.06. The first-order valence-electron chi connectivity index (χ1n) is 8.34. The van der Waals surface area contributed by atoms with Crippen LogP contribution in [0.15, 0.2) is 61.3 Å². The first-order chi connectivity index (χ1) is 11.8. The Bertz CT molecular complexity index is 739. The van der Waals surface area contributed by atoms with Gasteiger partial charge in [0.1, 0.15) is 0 Å². The predicted molar refractivity (Wildman–Crippen MR) is 94.6 cm³/mol. The van der Waals surface area contributed by atoms with Gasteiger partial charge in [-0.25, -0.2) is 9.97 Å². The molecule has 0 aliphatic rings. The molecule has 5 heteroatoms. The van der Waals surface area contributed by atoms with Gasteiger partial charge in [-0.1, -0.05) is 6.92 Å². The van der Waals surface area contributed by atoms with Gasteiger partial charge < -0.3 is 0 Å². The Morgan fingerprint density at radius 1 is 1.00 bits per heavy atom. The standard InChI is InChI=1S/C19H23N5/c1-3-16(2)23(14-17-7-11-20-12-8-17)15-18-6-4-13-24(18)19-21-9-5-10-22-19/h4-13,16H,3,14-15H2,1-2H3. The Kier molecular flexibility index (Phi) is 5.33. The van der Waals surface area contributed by atoms with Gasteiger partial charge in [0.15, 0.2) is 0 Å². The molecule has 0 radical (unpaired) electrons. The van der Waals surface area contributed by atoms with Crippen LogP contribution in [0.2, 0.25) is 0 Å². The van der Waals surface area contributed by atoms with Gasteiger partial charge in [-0.3, -0.25) is 14.5 Å². The van der Waals surface area contributed by atoms with Crippen LogP contribution in [0.5, 0.6) is 0 Å². The van der Waals surface area contributed by atoms with E-state index in [-0.39, 0.29) is 0 Å². The highest BCUT2D eigenvalue weighted by Gasteiger charge is 2.16. The molecule has 24 heavy (non-hydrogen) atoms. The minimum Gasteiger partial charge on any atom is -0.291 e. The second-order valence-electron chi connectivity index (χ2n) is 5.94. The molecule has 0 amide bonds. The third-order valence-electron chi connectivity index (χ3n) is 4.32. The number of nitrogens with zero attached hydrogens (tertiary/aromatic N) is 5. The fourth-order valence-corrected chi connectivity index (χ4v) is 2.71. The molecule has 3 aromatic heterocycles. The van der Waals surface area contributed by atoms with E-state index >= 15 is 0 Å². The van der Waals surface area contributed by atoms with Crippen molar-refractivity contribution >= 4 is 0 Å². The van der Waals surface area contributed by atoms with Gasteiger partial charge in [-0.05, 0) is 49.2 Å². The minimum atomic E-state index is 0.484. The van der Waals surface area contributed by atoms with E-state index in [0.717, 1.165) is 19.5 Å². The summed E-state index contributed by atoms with van der Waals surface area (Å²) in [5.74, 6) is 0.713. The monoisotopic (exact) mass is 321 g/mol. The average molecular weight is 321 g/mol. The van der Waals surface area contributed by atoms with E-state index in [0.29, 0.717) is 12.0 Å². The quantitative estimate of drug-likeness (QED) is 0.668. The summed E-state index contributed by atoms with van der Waals surface area (Å²) >= 11 is 0. The highest BCUT2D eigenvalue weighted by Crippen LogP contribution is 2.17. The molecule has 3 rings (SSSR count). The van der Waals surface area contributed by atoms with Crippen LogP contribution < -0.4 is 0 Å². The molecule has 3 heterocycles. The first kappa shape index (κ1) is 16.3. The van der Waals surface area contributed by atoms with Crippen LogP contribution in [0.3, 0.4) is 0 Å². The molecule has 124 valence electrons. The molecule has 3 aromatic rings. The highest BCUT2D eigenvalue weighted by atomic mass is 15.2. The third kappa shape index (κ3) is 3.86. The molecule has 0 fully saturated rings. The summed E-state index contributed by atoms with van der Waals surface area (Å²) in [7, 11) is 0. The number of pyridine rings is 1. The lowest BCUT2D eigenvalue weighted by molar-refractivity contribution is 0.183. The van der Waals surface area contributed by atoms with Crippen molar-refractivity contribution in [2.24, 2.45) is 0 Å². The van der Waals surface area contributed by atoms with Crippen molar-refractivity contribution < 1.29 is 0 Å². The van der Waals surface area contributed by atoms with Gasteiger partial charge in [0.05, 0.1) is 0 Å². The van der Waals surface area contributed by atoms with Crippen LogP contribution in [0.25, 0.3) is 5.95 Å². The van der Waals surface area contributed by atoms with Crippen LogP contribution in [0.4, 0.5) is 0 Å². The largest absolute Gasteiger partial charge is 0.291 e. The Morgan fingerprint density at radius 2 is 1.75 bits per heavy atom. The van der Waals surface area contributed by atoms with E-state index in [2.05, 4.69) is 56.5 Å². The molecule has 5 nitrogen and oxygen atoms in total. The topological polar surface area (TPSA) is 46.8 Å². The van der Waals surface area contributed by atoms with Gasteiger partial charge in [-0.15, -0.1) is 0 Å². The molecule has 1 atom stereocenters. The van der Waals surface area contributed by atoms with Gasteiger partial charge in [0.2, 0.25) is 5.95 Å². The van der Waals surface area contributed by atoms with Crippen molar-refractivity contribution in [3.8, 4) is 5.95 Å². The molecule has 0 bridgehead atoms. The Balaban J connectivity index is 1.82. The van der Waals surface area contributed by atoms with Gasteiger partial charge in [0, 0.05) is 55.8 Å². The van der Waals surface area contributed by atoms with Crippen LogP contribution in [-0.2, 0) is 13.1 Å². The Morgan fingerprint density at radius 3 is 2.46 bits per heavy atom. The normalized spacial score (nSPS) is 12.5. The lowest BCUT2D eigenvalue weighted by Crippen LogP contribution is -2.32. The molecule has 0 aromatic carbocycles. The Labute approximate surface area is 143 Å². The minimum absolute atomic E-state index is 0.484. The summed E-state index contributed by atoms with van der Waals surface area (Å²) in [6.07, 6.45) is 10.4. The molecule has 0 aliphatic carbocycles. The van der Waals surface area contributed by atoms with Crippen molar-refractivity contribution in [2.45, 2.75) is 39.4 Å². The fraction of sp³-hybridized carbons (Fsp3) is 0.316. The van der Waals surface area contributed by atoms with Gasteiger partial charge in [0.25, 0.3) is 0 Å². The maximum atomic E-state index is 4.36. The molecule has 0 saturated heterocycles. The SMILES string of the molecule is CCC(C)N(Cc1ccncc1)Cc1cccn1-c1ncccn1. The third-order valence-corrected chi connectivity index (χ3v) is 4.32. The number of hydrogen-bond acceptors (Lipinski definition) is 4. The van der Waals surface area contributed by atoms with Crippen LogP contribution in [0, 0.1) is 0 Å². The van der Waals surface area contributed by atoms with E-state index in [1.807, 2.05) is 30.7 Å². The number of hydrogen-bond donors (Lipinski definition) is 0. The predicted octanol–water partition coefficient (Wildman–Crippen LogP) is 3.46. The second kappa shape index (κ2) is 7.84. The van der Waals surface area contributed by atoms with Crippen molar-refractivity contribution in [1.82, 2.24) is 24.4 Å². The fourth-order valence-electron chi connectivity index (χ4n) is 2.71. The summed E-state index contributed by atoms with van der Waals surface area (Å²) in [4.78, 5) is 15.3. The van der Waals surface area contributed by atoms with Gasteiger partial charge >= 0.3 is 0 Å². The smallest absolute Gasteiger partial charge is 0.233 e. The summed E-state index contributed by atoms with van der Waals surface area (Å²) in [5, 5.41) is 0. The molecular weight excluding hydrogens is 298 g/mol.